The van der Waals surface area contributed by atoms with Crippen LogP contribution in [0.25, 0.3) is 10.4 Å². The third-order valence-electron chi connectivity index (χ3n) is 2.52. The van der Waals surface area contributed by atoms with Gasteiger partial charge in [0.25, 0.3) is 0 Å². The van der Waals surface area contributed by atoms with Crippen LogP contribution >= 0.6 is 0 Å². The Bertz CT molecular complexity index is 400. The lowest BCUT2D eigenvalue weighted by Crippen LogP contribution is -2.38. The molecule has 0 atom stereocenters. The van der Waals surface area contributed by atoms with Gasteiger partial charge < -0.3 is 14.4 Å². The van der Waals surface area contributed by atoms with Gasteiger partial charge in [0.15, 0.2) is 0 Å². The molecular formula is C14H26N4O4. The summed E-state index contributed by atoms with van der Waals surface area (Å²) < 4.78 is 10.2. The average molecular weight is 314 g/mol. The van der Waals surface area contributed by atoms with Crippen LogP contribution in [0.2, 0.25) is 0 Å². The summed E-state index contributed by atoms with van der Waals surface area (Å²) in [5, 5.41) is 3.44. The summed E-state index contributed by atoms with van der Waals surface area (Å²) in [4.78, 5) is 27.6. The second-order valence-corrected chi connectivity index (χ2v) is 5.68. The molecule has 126 valence electrons. The van der Waals surface area contributed by atoms with E-state index in [9.17, 15) is 9.59 Å². The van der Waals surface area contributed by atoms with Crippen molar-refractivity contribution in [3.63, 3.8) is 0 Å². The molecule has 22 heavy (non-hydrogen) atoms. The highest BCUT2D eigenvalue weighted by Gasteiger charge is 2.21. The van der Waals surface area contributed by atoms with Gasteiger partial charge in [0.1, 0.15) is 5.60 Å². The molecule has 0 radical (unpaired) electrons. The molecule has 0 bridgehead atoms. The first-order chi connectivity index (χ1) is 10.3. The van der Waals surface area contributed by atoms with Gasteiger partial charge in [-0.05, 0) is 46.1 Å². The maximum Gasteiger partial charge on any atom is 0.410 e. The van der Waals surface area contributed by atoms with Gasteiger partial charge in [-0.15, -0.1) is 0 Å². The molecule has 0 aromatic carbocycles. The molecule has 0 aliphatic carbocycles. The fourth-order valence-electron chi connectivity index (χ4n) is 1.65. The summed E-state index contributed by atoms with van der Waals surface area (Å²) in [7, 11) is 0. The SMILES string of the molecule is CCOC(=O)CCCN(CCCN=[N+]=[N-])C(=O)OC(C)(C)C. The van der Waals surface area contributed by atoms with Crippen LogP contribution in [0.15, 0.2) is 5.11 Å². The smallest absolute Gasteiger partial charge is 0.410 e. The van der Waals surface area contributed by atoms with E-state index in [0.29, 0.717) is 39.1 Å². The van der Waals surface area contributed by atoms with Crippen molar-refractivity contribution in [1.82, 2.24) is 4.90 Å². The van der Waals surface area contributed by atoms with E-state index in [4.69, 9.17) is 15.0 Å². The van der Waals surface area contributed by atoms with Gasteiger partial charge >= 0.3 is 12.1 Å². The summed E-state index contributed by atoms with van der Waals surface area (Å²) in [6.45, 7) is 8.60. The Morgan fingerprint density at radius 3 is 2.41 bits per heavy atom. The van der Waals surface area contributed by atoms with Crippen LogP contribution in [0.3, 0.4) is 0 Å². The molecule has 0 aliphatic rings. The summed E-state index contributed by atoms with van der Waals surface area (Å²) in [5.41, 5.74) is 7.67. The molecule has 0 N–H and O–H groups in total. The predicted octanol–water partition coefficient (Wildman–Crippen LogP) is 3.27. The van der Waals surface area contributed by atoms with E-state index in [1.165, 1.54) is 4.90 Å². The molecule has 8 nitrogen and oxygen atoms in total. The van der Waals surface area contributed by atoms with E-state index in [2.05, 4.69) is 10.0 Å². The minimum atomic E-state index is -0.582. The number of hydrogen-bond acceptors (Lipinski definition) is 5. The first kappa shape index (κ1) is 20.1. The Labute approximate surface area is 131 Å². The Hall–Kier alpha value is -1.95. The average Bonchev–Trinajstić information content (AvgIpc) is 2.39. The lowest BCUT2D eigenvalue weighted by molar-refractivity contribution is -0.143. The van der Waals surface area contributed by atoms with E-state index in [1.807, 2.05) is 0 Å². The van der Waals surface area contributed by atoms with Crippen LogP contribution in [0.5, 0.6) is 0 Å². The summed E-state index contributed by atoms with van der Waals surface area (Å²) >= 11 is 0. The van der Waals surface area contributed by atoms with Crippen molar-refractivity contribution in [2.75, 3.05) is 26.2 Å². The second kappa shape index (κ2) is 10.7. The maximum absolute atomic E-state index is 12.1. The zero-order valence-electron chi connectivity index (χ0n) is 13.9. The minimum absolute atomic E-state index is 0.253. The van der Waals surface area contributed by atoms with E-state index in [1.54, 1.807) is 27.7 Å². The number of azide groups is 1. The molecule has 0 saturated heterocycles. The molecule has 1 amide bonds. The number of ether oxygens (including phenoxy) is 2. The van der Waals surface area contributed by atoms with Gasteiger partial charge in [-0.3, -0.25) is 4.79 Å². The normalized spacial score (nSPS) is 10.5. The maximum atomic E-state index is 12.1. The largest absolute Gasteiger partial charge is 0.466 e. The van der Waals surface area contributed by atoms with Crippen LogP contribution in [0.4, 0.5) is 4.79 Å². The Kier molecular flexibility index (Phi) is 9.78. The molecule has 0 unspecified atom stereocenters. The van der Waals surface area contributed by atoms with Crippen molar-refractivity contribution >= 4 is 12.1 Å². The Morgan fingerprint density at radius 1 is 1.23 bits per heavy atom. The van der Waals surface area contributed by atoms with E-state index in [0.717, 1.165) is 0 Å². The number of esters is 1. The lowest BCUT2D eigenvalue weighted by atomic mass is 10.2. The third kappa shape index (κ3) is 10.8. The number of carbonyl (C=O) groups is 2. The standard InChI is InChI=1S/C14H26N4O4/c1-5-21-12(19)8-6-10-18(11-7-9-16-17-15)13(20)22-14(2,3)4/h5-11H2,1-4H3. The molecule has 0 aliphatic heterocycles. The molecule has 0 saturated carbocycles. The van der Waals surface area contributed by atoms with Gasteiger partial charge in [0, 0.05) is 31.0 Å². The number of amides is 1. The first-order valence-corrected chi connectivity index (χ1v) is 7.44. The molecule has 0 aromatic rings. The van der Waals surface area contributed by atoms with Crippen LogP contribution in [0, 0.1) is 0 Å². The fraction of sp³-hybridized carbons (Fsp3) is 0.857. The lowest BCUT2D eigenvalue weighted by Gasteiger charge is -2.27. The highest BCUT2D eigenvalue weighted by Crippen LogP contribution is 2.11. The van der Waals surface area contributed by atoms with E-state index >= 15 is 0 Å². The first-order valence-electron chi connectivity index (χ1n) is 7.44. The van der Waals surface area contributed by atoms with Gasteiger partial charge in [-0.2, -0.15) is 0 Å². The summed E-state index contributed by atoms with van der Waals surface area (Å²) in [6, 6.07) is 0. The van der Waals surface area contributed by atoms with Gasteiger partial charge in [-0.1, -0.05) is 5.11 Å². The van der Waals surface area contributed by atoms with E-state index < -0.39 is 11.7 Å². The molecule has 0 spiro atoms. The fourth-order valence-corrected chi connectivity index (χ4v) is 1.65. The topological polar surface area (TPSA) is 105 Å². The number of hydrogen-bond donors (Lipinski definition) is 0. The molecular weight excluding hydrogens is 288 g/mol. The zero-order chi connectivity index (χ0) is 17.0. The molecule has 0 fully saturated rings. The second-order valence-electron chi connectivity index (χ2n) is 5.68. The third-order valence-corrected chi connectivity index (χ3v) is 2.52. The van der Waals surface area contributed by atoms with Crippen molar-refractivity contribution in [3.8, 4) is 0 Å². The van der Waals surface area contributed by atoms with Gasteiger partial charge in [0.05, 0.1) is 6.61 Å². The monoisotopic (exact) mass is 314 g/mol. The van der Waals surface area contributed by atoms with Crippen molar-refractivity contribution in [3.05, 3.63) is 10.4 Å². The Balaban J connectivity index is 4.41. The van der Waals surface area contributed by atoms with Crippen LogP contribution in [0.1, 0.15) is 47.0 Å². The summed E-state index contributed by atoms with van der Waals surface area (Å²) in [6.07, 6.45) is 0.864. The number of nitrogens with zero attached hydrogens (tertiary/aromatic N) is 4. The minimum Gasteiger partial charge on any atom is -0.466 e. The van der Waals surface area contributed by atoms with E-state index in [-0.39, 0.29) is 12.4 Å². The number of carbonyl (C=O) groups excluding carboxylic acids is 2. The summed E-state index contributed by atoms with van der Waals surface area (Å²) in [5.74, 6) is -0.277. The van der Waals surface area contributed by atoms with Crippen molar-refractivity contribution in [2.24, 2.45) is 5.11 Å². The van der Waals surface area contributed by atoms with Gasteiger partial charge in [0.2, 0.25) is 0 Å². The van der Waals surface area contributed by atoms with Crippen molar-refractivity contribution in [1.29, 1.82) is 0 Å². The molecule has 0 rings (SSSR count). The quantitative estimate of drug-likeness (QED) is 0.214. The van der Waals surface area contributed by atoms with Crippen molar-refractivity contribution in [2.45, 2.75) is 52.6 Å². The predicted molar refractivity (Wildman–Crippen MR) is 82.3 cm³/mol. The van der Waals surface area contributed by atoms with Crippen LogP contribution < -0.4 is 0 Å². The van der Waals surface area contributed by atoms with Gasteiger partial charge in [-0.25, -0.2) is 4.79 Å². The highest BCUT2D eigenvalue weighted by atomic mass is 16.6. The molecule has 0 heterocycles. The molecule has 8 heteroatoms. The highest BCUT2D eigenvalue weighted by molar-refractivity contribution is 5.70. The molecule has 0 aromatic heterocycles. The Morgan fingerprint density at radius 2 is 1.86 bits per heavy atom. The zero-order valence-corrected chi connectivity index (χ0v) is 13.9. The van der Waals surface area contributed by atoms with Crippen molar-refractivity contribution < 1.29 is 19.1 Å². The van der Waals surface area contributed by atoms with Crippen LogP contribution in [-0.4, -0.2) is 48.8 Å². The number of rotatable bonds is 9. The van der Waals surface area contributed by atoms with Crippen LogP contribution in [-0.2, 0) is 14.3 Å².